The minimum atomic E-state index is 0.197. The van der Waals surface area contributed by atoms with E-state index in [9.17, 15) is 5.11 Å². The number of aliphatic hydroxyl groups excluding tert-OH is 1. The number of hydrogen-bond donors (Lipinski definition) is 1. The van der Waals surface area contributed by atoms with Gasteiger partial charge in [-0.15, -0.1) is 0 Å². The Balaban J connectivity index is 2.95. The second-order valence-electron chi connectivity index (χ2n) is 6.25. The van der Waals surface area contributed by atoms with Crippen LogP contribution in [0.5, 0.6) is 0 Å². The van der Waals surface area contributed by atoms with E-state index < -0.39 is 0 Å². The van der Waals surface area contributed by atoms with Crippen molar-refractivity contribution in [3.63, 3.8) is 0 Å². The van der Waals surface area contributed by atoms with Crippen LogP contribution >= 0.6 is 0 Å². The van der Waals surface area contributed by atoms with Gasteiger partial charge in [0.15, 0.2) is 0 Å². The number of benzene rings is 1. The molecule has 96 valence electrons. The van der Waals surface area contributed by atoms with Gasteiger partial charge in [-0.3, -0.25) is 0 Å². The number of rotatable bonds is 4. The maximum Gasteiger partial charge on any atom is 0.0437 e. The van der Waals surface area contributed by atoms with Gasteiger partial charge in [0.2, 0.25) is 0 Å². The van der Waals surface area contributed by atoms with E-state index in [0.717, 1.165) is 6.42 Å². The molecule has 17 heavy (non-hydrogen) atoms. The van der Waals surface area contributed by atoms with Crippen LogP contribution in [0, 0.1) is 5.41 Å². The average Bonchev–Trinajstić information content (AvgIpc) is 2.24. The molecule has 1 heteroatoms. The highest BCUT2D eigenvalue weighted by molar-refractivity contribution is 5.28. The lowest BCUT2D eigenvalue weighted by atomic mass is 9.74. The molecule has 0 bridgehead atoms. The summed E-state index contributed by atoms with van der Waals surface area (Å²) in [5.41, 5.74) is 2.92. The van der Waals surface area contributed by atoms with E-state index in [2.05, 4.69) is 58.9 Å². The van der Waals surface area contributed by atoms with Crippen LogP contribution in [0.1, 0.15) is 64.0 Å². The zero-order valence-electron chi connectivity index (χ0n) is 11.8. The molecule has 0 saturated heterocycles. The molecule has 0 fully saturated rings. The maximum atomic E-state index is 9.20. The maximum absolute atomic E-state index is 9.20. The van der Waals surface area contributed by atoms with Crippen molar-refractivity contribution < 1.29 is 5.11 Å². The fourth-order valence-electron chi connectivity index (χ4n) is 2.34. The van der Waals surface area contributed by atoms with Crippen molar-refractivity contribution in [2.24, 2.45) is 5.41 Å². The van der Waals surface area contributed by atoms with Crippen LogP contribution in [-0.4, -0.2) is 11.7 Å². The average molecular weight is 234 g/mol. The van der Waals surface area contributed by atoms with Gasteiger partial charge in [-0.25, -0.2) is 0 Å². The normalized spacial score (nSPS) is 14.1. The third kappa shape index (κ3) is 3.85. The molecule has 0 saturated carbocycles. The monoisotopic (exact) mass is 234 g/mol. The molecular formula is C16H26O. The van der Waals surface area contributed by atoms with Gasteiger partial charge in [0.25, 0.3) is 0 Å². The van der Waals surface area contributed by atoms with Gasteiger partial charge < -0.3 is 5.11 Å². The summed E-state index contributed by atoms with van der Waals surface area (Å²) in [4.78, 5) is 0. The van der Waals surface area contributed by atoms with Gasteiger partial charge in [-0.2, -0.15) is 0 Å². The van der Waals surface area contributed by atoms with Gasteiger partial charge in [-0.05, 0) is 34.8 Å². The van der Waals surface area contributed by atoms with Crippen molar-refractivity contribution in [1.82, 2.24) is 0 Å². The molecule has 0 amide bonds. The van der Waals surface area contributed by atoms with Gasteiger partial charge >= 0.3 is 0 Å². The second-order valence-corrected chi connectivity index (χ2v) is 6.25. The van der Waals surface area contributed by atoms with E-state index >= 15 is 0 Å². The first-order chi connectivity index (χ1) is 7.86. The minimum absolute atomic E-state index is 0.197. The summed E-state index contributed by atoms with van der Waals surface area (Å²) >= 11 is 0. The van der Waals surface area contributed by atoms with Crippen LogP contribution in [0.4, 0.5) is 0 Å². The third-order valence-electron chi connectivity index (χ3n) is 3.47. The predicted molar refractivity (Wildman–Crippen MR) is 74.4 cm³/mol. The molecule has 1 aromatic carbocycles. The molecule has 0 aromatic heterocycles. The fourth-order valence-corrected chi connectivity index (χ4v) is 2.34. The Kier molecular flexibility index (Phi) is 4.76. The van der Waals surface area contributed by atoms with Crippen molar-refractivity contribution in [2.75, 3.05) is 6.61 Å². The highest BCUT2D eigenvalue weighted by Gasteiger charge is 2.25. The summed E-state index contributed by atoms with van der Waals surface area (Å²) in [5.74, 6) is 1.00. The van der Waals surface area contributed by atoms with Crippen molar-refractivity contribution in [3.05, 3.63) is 35.4 Å². The van der Waals surface area contributed by atoms with Gasteiger partial charge in [0, 0.05) is 6.61 Å². The standard InChI is InChI=1S/C16H26O/c1-12(2)13-6-8-14(9-7-13)15(10-11-17)16(3,4)5/h6-9,12,15,17H,10-11H2,1-5H3. The summed E-state index contributed by atoms with van der Waals surface area (Å²) in [6, 6.07) is 8.88. The molecule has 1 aromatic rings. The lowest BCUT2D eigenvalue weighted by molar-refractivity contribution is 0.223. The molecule has 0 radical (unpaired) electrons. The van der Waals surface area contributed by atoms with Crippen molar-refractivity contribution in [1.29, 1.82) is 0 Å². The Hall–Kier alpha value is -0.820. The van der Waals surface area contributed by atoms with E-state index in [1.165, 1.54) is 11.1 Å². The lowest BCUT2D eigenvalue weighted by Gasteiger charge is -2.31. The Labute approximate surface area is 106 Å². The molecule has 1 rings (SSSR count). The van der Waals surface area contributed by atoms with E-state index in [1.807, 2.05) is 0 Å². The fraction of sp³-hybridized carbons (Fsp3) is 0.625. The molecular weight excluding hydrogens is 208 g/mol. The van der Waals surface area contributed by atoms with Gasteiger partial charge in [-0.1, -0.05) is 58.9 Å². The number of hydrogen-bond acceptors (Lipinski definition) is 1. The Morgan fingerprint density at radius 1 is 1.00 bits per heavy atom. The smallest absolute Gasteiger partial charge is 0.0437 e. The topological polar surface area (TPSA) is 20.2 Å². The second kappa shape index (κ2) is 5.68. The zero-order valence-corrected chi connectivity index (χ0v) is 11.8. The van der Waals surface area contributed by atoms with E-state index in [4.69, 9.17) is 0 Å². The molecule has 0 heterocycles. The van der Waals surface area contributed by atoms with Crippen LogP contribution in [0.2, 0.25) is 0 Å². The van der Waals surface area contributed by atoms with Crippen molar-refractivity contribution >= 4 is 0 Å². The third-order valence-corrected chi connectivity index (χ3v) is 3.47. The number of aliphatic hydroxyl groups is 1. The Bertz CT molecular complexity index is 330. The minimum Gasteiger partial charge on any atom is -0.396 e. The van der Waals surface area contributed by atoms with Crippen LogP contribution in [0.3, 0.4) is 0 Å². The van der Waals surface area contributed by atoms with Crippen LogP contribution in [0.25, 0.3) is 0 Å². The quantitative estimate of drug-likeness (QED) is 0.822. The molecule has 1 atom stereocenters. The van der Waals surface area contributed by atoms with E-state index in [0.29, 0.717) is 11.8 Å². The summed E-state index contributed by atoms with van der Waals surface area (Å²) in [7, 11) is 0. The van der Waals surface area contributed by atoms with Crippen molar-refractivity contribution in [3.8, 4) is 0 Å². The van der Waals surface area contributed by atoms with Crippen LogP contribution < -0.4 is 0 Å². The molecule has 0 aliphatic carbocycles. The van der Waals surface area contributed by atoms with E-state index in [1.54, 1.807) is 0 Å². The van der Waals surface area contributed by atoms with Gasteiger partial charge in [0.1, 0.15) is 0 Å². The zero-order chi connectivity index (χ0) is 13.1. The molecule has 0 aliphatic rings. The molecule has 1 unspecified atom stereocenters. The first-order valence-corrected chi connectivity index (χ1v) is 6.57. The first kappa shape index (κ1) is 14.2. The summed E-state index contributed by atoms with van der Waals surface area (Å²) < 4.78 is 0. The summed E-state index contributed by atoms with van der Waals surface area (Å²) in [6.07, 6.45) is 0.838. The molecule has 0 aliphatic heterocycles. The van der Waals surface area contributed by atoms with Crippen molar-refractivity contribution in [2.45, 2.75) is 52.9 Å². The molecule has 0 spiro atoms. The largest absolute Gasteiger partial charge is 0.396 e. The summed E-state index contributed by atoms with van der Waals surface area (Å²) in [5, 5.41) is 9.20. The SMILES string of the molecule is CC(C)c1ccc(C(CCO)C(C)(C)C)cc1. The first-order valence-electron chi connectivity index (χ1n) is 6.57. The Morgan fingerprint density at radius 2 is 1.47 bits per heavy atom. The molecule has 1 N–H and O–H groups in total. The lowest BCUT2D eigenvalue weighted by Crippen LogP contribution is -2.19. The highest BCUT2D eigenvalue weighted by atomic mass is 16.3. The predicted octanol–water partition coefficient (Wildman–Crippen LogP) is 4.32. The van der Waals surface area contributed by atoms with E-state index in [-0.39, 0.29) is 12.0 Å². The highest BCUT2D eigenvalue weighted by Crippen LogP contribution is 2.37. The summed E-state index contributed by atoms with van der Waals surface area (Å²) in [6.45, 7) is 11.4. The molecule has 1 nitrogen and oxygen atoms in total. The Morgan fingerprint density at radius 3 is 1.82 bits per heavy atom. The van der Waals surface area contributed by atoms with Crippen LogP contribution in [-0.2, 0) is 0 Å². The van der Waals surface area contributed by atoms with Gasteiger partial charge in [0.05, 0.1) is 0 Å². The van der Waals surface area contributed by atoms with Crippen LogP contribution in [0.15, 0.2) is 24.3 Å².